The number of pyridine rings is 1. The van der Waals surface area contributed by atoms with E-state index in [1.807, 2.05) is 31.5 Å². The van der Waals surface area contributed by atoms with Gasteiger partial charge in [-0.2, -0.15) is 0 Å². The molecule has 0 radical (unpaired) electrons. The largest absolute Gasteiger partial charge is 0.355 e. The van der Waals surface area contributed by atoms with Gasteiger partial charge in [-0.25, -0.2) is 0 Å². The summed E-state index contributed by atoms with van der Waals surface area (Å²) in [5.74, 6) is 0.129. The molecule has 104 valence electrons. The smallest absolute Gasteiger partial charge is 0.238 e. The summed E-state index contributed by atoms with van der Waals surface area (Å²) >= 11 is 0. The molecule has 1 fully saturated rings. The number of carbonyl (C=O) groups excluding carboxylic acids is 1. The summed E-state index contributed by atoms with van der Waals surface area (Å²) in [6.07, 6.45) is 4.58. The van der Waals surface area contributed by atoms with Crippen molar-refractivity contribution in [3.05, 3.63) is 30.1 Å². The zero-order valence-corrected chi connectivity index (χ0v) is 11.4. The first kappa shape index (κ1) is 14.0. The first-order valence-corrected chi connectivity index (χ1v) is 6.92. The molecule has 19 heavy (non-hydrogen) atoms. The van der Waals surface area contributed by atoms with Crippen LogP contribution in [0.15, 0.2) is 24.5 Å². The summed E-state index contributed by atoms with van der Waals surface area (Å²) in [5.41, 5.74) is 1.27. The van der Waals surface area contributed by atoms with Crippen molar-refractivity contribution >= 4 is 5.91 Å². The number of aromatic nitrogens is 1. The number of hydrogen-bond acceptors (Lipinski definition) is 4. The molecule has 5 nitrogen and oxygen atoms in total. The molecule has 1 atom stereocenters. The van der Waals surface area contributed by atoms with Crippen molar-refractivity contribution in [3.8, 4) is 0 Å². The number of likely N-dealkylation sites (N-methyl/N-ethyl adjacent to an activating group) is 1. The van der Waals surface area contributed by atoms with Crippen molar-refractivity contribution in [2.75, 3.05) is 32.7 Å². The Bertz CT molecular complexity index is 396. The van der Waals surface area contributed by atoms with Gasteiger partial charge in [-0.15, -0.1) is 0 Å². The maximum absolute atomic E-state index is 12.0. The fourth-order valence-electron chi connectivity index (χ4n) is 2.39. The van der Waals surface area contributed by atoms with Gasteiger partial charge in [0.25, 0.3) is 0 Å². The first-order chi connectivity index (χ1) is 9.31. The Labute approximate surface area is 114 Å². The fourth-order valence-corrected chi connectivity index (χ4v) is 2.39. The quantitative estimate of drug-likeness (QED) is 0.786. The Morgan fingerprint density at radius 2 is 2.32 bits per heavy atom. The Balaban J connectivity index is 1.90. The summed E-state index contributed by atoms with van der Waals surface area (Å²) in [6, 6.07) is 4.02. The second kappa shape index (κ2) is 7.21. The van der Waals surface area contributed by atoms with E-state index in [9.17, 15) is 4.79 Å². The van der Waals surface area contributed by atoms with Gasteiger partial charge in [-0.05, 0) is 31.0 Å². The van der Waals surface area contributed by atoms with Gasteiger partial charge >= 0.3 is 0 Å². The molecule has 1 aliphatic heterocycles. The van der Waals surface area contributed by atoms with Crippen LogP contribution in [0.2, 0.25) is 0 Å². The number of amides is 1. The van der Waals surface area contributed by atoms with E-state index in [0.29, 0.717) is 6.54 Å². The van der Waals surface area contributed by atoms with Gasteiger partial charge in [-0.3, -0.25) is 14.7 Å². The third-order valence-corrected chi connectivity index (χ3v) is 3.44. The Hall–Kier alpha value is -1.46. The molecule has 1 aromatic rings. The number of piperazine rings is 1. The average Bonchev–Trinajstić information content (AvgIpc) is 2.47. The minimum atomic E-state index is -0.0458. The number of nitrogens with one attached hydrogen (secondary N) is 2. The Kier molecular flexibility index (Phi) is 5.30. The molecule has 0 spiro atoms. The lowest BCUT2D eigenvalue weighted by Crippen LogP contribution is -2.58. The van der Waals surface area contributed by atoms with Gasteiger partial charge in [0.05, 0.1) is 0 Å². The number of carbonyl (C=O) groups is 1. The van der Waals surface area contributed by atoms with Crippen LogP contribution in [0.4, 0.5) is 0 Å². The van der Waals surface area contributed by atoms with Crippen LogP contribution in [-0.4, -0.2) is 54.6 Å². The van der Waals surface area contributed by atoms with Crippen LogP contribution in [0.3, 0.4) is 0 Å². The Morgan fingerprint density at radius 3 is 3.05 bits per heavy atom. The number of nitrogens with zero attached hydrogens (tertiary/aromatic N) is 2. The normalized spacial score (nSPS) is 20.2. The lowest BCUT2D eigenvalue weighted by Gasteiger charge is -2.35. The number of hydrogen-bond donors (Lipinski definition) is 2. The van der Waals surface area contributed by atoms with Crippen LogP contribution < -0.4 is 10.6 Å². The van der Waals surface area contributed by atoms with E-state index < -0.39 is 0 Å². The highest BCUT2D eigenvalue weighted by atomic mass is 16.2. The van der Waals surface area contributed by atoms with E-state index in [1.165, 1.54) is 5.56 Å². The standard InChI is InChI=1S/C14H22N4O/c1-2-17-14(19)13-11-16-8-10-18(13)9-5-12-3-6-15-7-4-12/h3-4,6-7,13,16H,2,5,8-11H2,1H3,(H,17,19). The third-order valence-electron chi connectivity index (χ3n) is 3.44. The topological polar surface area (TPSA) is 57.3 Å². The van der Waals surface area contributed by atoms with E-state index >= 15 is 0 Å². The highest BCUT2D eigenvalue weighted by Crippen LogP contribution is 2.06. The van der Waals surface area contributed by atoms with Crippen LogP contribution in [0.25, 0.3) is 0 Å². The summed E-state index contributed by atoms with van der Waals surface area (Å²) in [7, 11) is 0. The second-order valence-electron chi connectivity index (χ2n) is 4.76. The fraction of sp³-hybridized carbons (Fsp3) is 0.571. The van der Waals surface area contributed by atoms with Gasteiger partial charge in [-0.1, -0.05) is 0 Å². The molecule has 5 heteroatoms. The summed E-state index contributed by atoms with van der Waals surface area (Å²) < 4.78 is 0. The van der Waals surface area contributed by atoms with Crippen molar-refractivity contribution in [3.63, 3.8) is 0 Å². The van der Waals surface area contributed by atoms with E-state index in [2.05, 4.69) is 20.5 Å². The summed E-state index contributed by atoms with van der Waals surface area (Å²) in [6.45, 7) is 6.16. The van der Waals surface area contributed by atoms with Crippen molar-refractivity contribution in [1.29, 1.82) is 0 Å². The molecule has 1 aromatic heterocycles. The van der Waals surface area contributed by atoms with Gasteiger partial charge in [0.15, 0.2) is 0 Å². The predicted molar refractivity (Wildman–Crippen MR) is 74.9 cm³/mol. The van der Waals surface area contributed by atoms with Gasteiger partial charge in [0.1, 0.15) is 6.04 Å². The van der Waals surface area contributed by atoms with Crippen LogP contribution in [0.5, 0.6) is 0 Å². The van der Waals surface area contributed by atoms with E-state index in [0.717, 1.165) is 32.6 Å². The zero-order valence-electron chi connectivity index (χ0n) is 11.4. The van der Waals surface area contributed by atoms with Crippen LogP contribution in [0, 0.1) is 0 Å². The molecule has 1 saturated heterocycles. The minimum Gasteiger partial charge on any atom is -0.355 e. The van der Waals surface area contributed by atoms with Crippen LogP contribution >= 0.6 is 0 Å². The Morgan fingerprint density at radius 1 is 1.53 bits per heavy atom. The molecule has 0 bridgehead atoms. The molecular weight excluding hydrogens is 240 g/mol. The predicted octanol–water partition coefficient (Wildman–Crippen LogP) is 0.0340. The lowest BCUT2D eigenvalue weighted by atomic mass is 10.1. The van der Waals surface area contributed by atoms with E-state index in [1.54, 1.807) is 0 Å². The van der Waals surface area contributed by atoms with Crippen molar-refractivity contribution in [2.45, 2.75) is 19.4 Å². The van der Waals surface area contributed by atoms with E-state index in [-0.39, 0.29) is 11.9 Å². The third kappa shape index (κ3) is 4.01. The summed E-state index contributed by atoms with van der Waals surface area (Å²) in [4.78, 5) is 18.3. The zero-order chi connectivity index (χ0) is 13.5. The van der Waals surface area contributed by atoms with Gasteiger partial charge in [0, 0.05) is 45.1 Å². The SMILES string of the molecule is CCNC(=O)C1CNCCN1CCc1ccncc1. The second-order valence-corrected chi connectivity index (χ2v) is 4.76. The molecule has 2 N–H and O–H groups in total. The van der Waals surface area contributed by atoms with Gasteiger partial charge in [0.2, 0.25) is 5.91 Å². The molecule has 2 heterocycles. The molecule has 1 aliphatic rings. The van der Waals surface area contributed by atoms with Crippen molar-refractivity contribution < 1.29 is 4.79 Å². The highest BCUT2D eigenvalue weighted by molar-refractivity contribution is 5.82. The van der Waals surface area contributed by atoms with E-state index in [4.69, 9.17) is 0 Å². The molecule has 1 amide bonds. The monoisotopic (exact) mass is 262 g/mol. The molecule has 1 unspecified atom stereocenters. The van der Waals surface area contributed by atoms with Crippen molar-refractivity contribution in [1.82, 2.24) is 20.5 Å². The lowest BCUT2D eigenvalue weighted by molar-refractivity contribution is -0.126. The highest BCUT2D eigenvalue weighted by Gasteiger charge is 2.27. The molecule has 0 aliphatic carbocycles. The summed E-state index contributed by atoms with van der Waals surface area (Å²) in [5, 5.41) is 6.20. The van der Waals surface area contributed by atoms with Gasteiger partial charge < -0.3 is 10.6 Å². The maximum Gasteiger partial charge on any atom is 0.238 e. The first-order valence-electron chi connectivity index (χ1n) is 6.92. The van der Waals surface area contributed by atoms with Crippen LogP contribution in [0.1, 0.15) is 12.5 Å². The minimum absolute atomic E-state index is 0.0458. The molecule has 2 rings (SSSR count). The molecule has 0 saturated carbocycles. The van der Waals surface area contributed by atoms with Crippen molar-refractivity contribution in [2.24, 2.45) is 0 Å². The average molecular weight is 262 g/mol. The maximum atomic E-state index is 12.0. The number of rotatable bonds is 5. The molecular formula is C14H22N4O. The molecule has 0 aromatic carbocycles. The van der Waals surface area contributed by atoms with Crippen LogP contribution in [-0.2, 0) is 11.2 Å².